The number of ether oxygens (including phenoxy) is 1. The highest BCUT2D eigenvalue weighted by atomic mass is 35.5. The average Bonchev–Trinajstić information content (AvgIpc) is 3.06. The van der Waals surface area contributed by atoms with Gasteiger partial charge in [-0.05, 0) is 79.8 Å². The summed E-state index contributed by atoms with van der Waals surface area (Å²) in [5.41, 5.74) is 1.76. The van der Waals surface area contributed by atoms with Crippen LogP contribution in [0.25, 0.3) is 0 Å². The summed E-state index contributed by atoms with van der Waals surface area (Å²) in [6.45, 7) is 3.70. The van der Waals surface area contributed by atoms with Gasteiger partial charge in [0.2, 0.25) is 11.8 Å². The predicted molar refractivity (Wildman–Crippen MR) is 185 cm³/mol. The first-order valence-corrected chi connectivity index (χ1v) is 18.0. The Morgan fingerprint density at radius 2 is 1.57 bits per heavy atom. The number of para-hydroxylation sites is 2. The van der Waals surface area contributed by atoms with Gasteiger partial charge in [0.25, 0.3) is 10.0 Å². The second kappa shape index (κ2) is 16.5. The number of hydrogen-bond acceptors (Lipinski definition) is 6. The average molecular weight is 680 g/mol. The molecule has 2 amide bonds. The van der Waals surface area contributed by atoms with E-state index in [1.54, 1.807) is 61.5 Å². The molecule has 46 heavy (non-hydrogen) atoms. The minimum atomic E-state index is -4.27. The van der Waals surface area contributed by atoms with Crippen molar-refractivity contribution in [3.05, 3.63) is 119 Å². The smallest absolute Gasteiger partial charge is 0.264 e. The number of anilines is 1. The summed E-state index contributed by atoms with van der Waals surface area (Å²) < 4.78 is 35.6. The number of hydrogen-bond donors (Lipinski definition) is 1. The van der Waals surface area contributed by atoms with Crippen LogP contribution in [0, 0.1) is 0 Å². The zero-order chi connectivity index (χ0) is 33.1. The van der Waals surface area contributed by atoms with E-state index >= 15 is 0 Å². The zero-order valence-electron chi connectivity index (χ0n) is 26.1. The second-order valence-corrected chi connectivity index (χ2v) is 13.5. The number of benzene rings is 4. The Labute approximate surface area is 280 Å². The molecule has 1 atom stereocenters. The van der Waals surface area contributed by atoms with Crippen LogP contribution >= 0.6 is 23.4 Å². The number of likely N-dealkylation sites (N-methyl/N-ethyl adjacent to an activating group) is 1. The molecule has 4 aromatic carbocycles. The van der Waals surface area contributed by atoms with E-state index < -0.39 is 28.5 Å². The molecule has 8 nitrogen and oxygen atoms in total. The van der Waals surface area contributed by atoms with Gasteiger partial charge in [-0.15, -0.1) is 11.8 Å². The van der Waals surface area contributed by atoms with Crippen LogP contribution in [0.15, 0.2) is 113 Å². The van der Waals surface area contributed by atoms with Gasteiger partial charge in [-0.2, -0.15) is 0 Å². The minimum Gasteiger partial charge on any atom is -0.492 e. The molecule has 242 valence electrons. The van der Waals surface area contributed by atoms with Crippen molar-refractivity contribution in [2.24, 2.45) is 0 Å². The van der Waals surface area contributed by atoms with E-state index in [0.29, 0.717) is 29.5 Å². The number of nitrogens with zero attached hydrogens (tertiary/aromatic N) is 2. The molecule has 0 aliphatic carbocycles. The van der Waals surface area contributed by atoms with Gasteiger partial charge >= 0.3 is 0 Å². The minimum absolute atomic E-state index is 0.0235. The van der Waals surface area contributed by atoms with Gasteiger partial charge < -0.3 is 15.0 Å². The van der Waals surface area contributed by atoms with Crippen molar-refractivity contribution >= 4 is 50.9 Å². The number of carbonyl (C=O) groups is 2. The number of carbonyl (C=O) groups excluding carboxylic acids is 2. The van der Waals surface area contributed by atoms with Gasteiger partial charge in [-0.3, -0.25) is 13.9 Å². The summed E-state index contributed by atoms with van der Waals surface area (Å²) >= 11 is 7.80. The first-order chi connectivity index (χ1) is 22.2. The monoisotopic (exact) mass is 679 g/mol. The normalized spacial score (nSPS) is 11.8. The molecule has 1 unspecified atom stereocenters. The Hall–Kier alpha value is -3.99. The van der Waals surface area contributed by atoms with Gasteiger partial charge in [-0.1, -0.05) is 66.2 Å². The van der Waals surface area contributed by atoms with Crippen molar-refractivity contribution in [3.8, 4) is 5.75 Å². The van der Waals surface area contributed by atoms with Gasteiger partial charge in [0.15, 0.2) is 0 Å². The van der Waals surface area contributed by atoms with E-state index in [-0.39, 0.29) is 29.5 Å². The Bertz CT molecular complexity index is 1720. The molecule has 4 aromatic rings. The van der Waals surface area contributed by atoms with E-state index in [9.17, 15) is 18.0 Å². The molecule has 11 heteroatoms. The largest absolute Gasteiger partial charge is 0.492 e. The maximum absolute atomic E-state index is 14.6. The Morgan fingerprint density at radius 1 is 0.891 bits per heavy atom. The fourth-order valence-electron chi connectivity index (χ4n) is 5.01. The summed E-state index contributed by atoms with van der Waals surface area (Å²) in [6.07, 6.45) is 2.12. The molecule has 0 saturated heterocycles. The molecule has 0 saturated carbocycles. The third kappa shape index (κ3) is 8.84. The highest BCUT2D eigenvalue weighted by Crippen LogP contribution is 2.33. The van der Waals surface area contributed by atoms with Crippen LogP contribution < -0.4 is 14.4 Å². The van der Waals surface area contributed by atoms with E-state index in [1.807, 2.05) is 49.6 Å². The molecule has 0 spiro atoms. The fourth-order valence-corrected chi connectivity index (χ4v) is 7.05. The number of thioether (sulfide) groups is 1. The molecular formula is C35H38ClN3O5S2. The van der Waals surface area contributed by atoms with Crippen LogP contribution in [0.5, 0.6) is 5.75 Å². The van der Waals surface area contributed by atoms with Crippen molar-refractivity contribution in [1.82, 2.24) is 10.2 Å². The maximum atomic E-state index is 14.6. The Balaban J connectivity index is 1.83. The summed E-state index contributed by atoms with van der Waals surface area (Å²) in [7, 11) is -4.27. The number of amides is 2. The lowest BCUT2D eigenvalue weighted by Gasteiger charge is -2.34. The van der Waals surface area contributed by atoms with Crippen molar-refractivity contribution < 1.29 is 22.7 Å². The van der Waals surface area contributed by atoms with E-state index in [4.69, 9.17) is 16.3 Å². The van der Waals surface area contributed by atoms with E-state index in [0.717, 1.165) is 14.8 Å². The molecule has 0 bridgehead atoms. The van der Waals surface area contributed by atoms with Gasteiger partial charge in [0.05, 0.1) is 17.2 Å². The zero-order valence-corrected chi connectivity index (χ0v) is 28.4. The first-order valence-electron chi connectivity index (χ1n) is 14.9. The summed E-state index contributed by atoms with van der Waals surface area (Å²) in [6, 6.07) is 28.7. The molecule has 0 fully saturated rings. The maximum Gasteiger partial charge on any atom is 0.264 e. The van der Waals surface area contributed by atoms with Gasteiger partial charge in [0, 0.05) is 29.4 Å². The fraction of sp³-hybridized carbons (Fsp3) is 0.257. The number of nitrogens with one attached hydrogen (secondary N) is 1. The van der Waals surface area contributed by atoms with E-state index in [1.165, 1.54) is 28.8 Å². The van der Waals surface area contributed by atoms with Gasteiger partial charge in [0.1, 0.15) is 18.3 Å². The Morgan fingerprint density at radius 3 is 2.22 bits per heavy atom. The van der Waals surface area contributed by atoms with Crippen LogP contribution in [-0.4, -0.2) is 57.1 Å². The lowest BCUT2D eigenvalue weighted by Crippen LogP contribution is -2.53. The van der Waals surface area contributed by atoms with Crippen LogP contribution in [-0.2, 0) is 32.6 Å². The van der Waals surface area contributed by atoms with E-state index in [2.05, 4.69) is 5.32 Å². The van der Waals surface area contributed by atoms with Crippen molar-refractivity contribution in [3.63, 3.8) is 0 Å². The lowest BCUT2D eigenvalue weighted by atomic mass is 10.0. The highest BCUT2D eigenvalue weighted by molar-refractivity contribution is 7.98. The number of halogens is 1. The van der Waals surface area contributed by atoms with Crippen molar-refractivity contribution in [1.29, 1.82) is 0 Å². The van der Waals surface area contributed by atoms with Crippen molar-refractivity contribution in [2.45, 2.75) is 42.6 Å². The summed E-state index contributed by atoms with van der Waals surface area (Å²) in [4.78, 5) is 30.6. The molecule has 0 aromatic heterocycles. The summed E-state index contributed by atoms with van der Waals surface area (Å²) in [5, 5.41) is 3.34. The second-order valence-electron chi connectivity index (χ2n) is 10.3. The molecule has 0 aliphatic rings. The Kier molecular flexibility index (Phi) is 12.5. The van der Waals surface area contributed by atoms with Crippen LogP contribution in [0.1, 0.15) is 25.0 Å². The third-order valence-corrected chi connectivity index (χ3v) is 9.98. The number of rotatable bonds is 15. The lowest BCUT2D eigenvalue weighted by molar-refractivity contribution is -0.140. The van der Waals surface area contributed by atoms with Crippen molar-refractivity contribution in [2.75, 3.05) is 30.3 Å². The van der Waals surface area contributed by atoms with Gasteiger partial charge in [-0.25, -0.2) is 8.42 Å². The first kappa shape index (κ1) is 34.9. The third-order valence-electron chi connectivity index (χ3n) is 7.22. The molecule has 0 radical (unpaired) electrons. The highest BCUT2D eigenvalue weighted by Gasteiger charge is 2.35. The molecule has 1 N–H and O–H groups in total. The van der Waals surface area contributed by atoms with Crippen LogP contribution in [0.3, 0.4) is 0 Å². The topological polar surface area (TPSA) is 96.0 Å². The standard InChI is InChI=1S/C35H38ClN3O5S2/c1-4-37-35(41)32(23-26-12-7-6-8-13-26)38(24-27-14-11-15-28(36)22-27)34(40)25-39(31-16-9-10-17-33(31)44-5-2)46(42,43)30-20-18-29(45-3)19-21-30/h6-22,32H,4-5,23-25H2,1-3H3,(H,37,41). The predicted octanol–water partition coefficient (Wildman–Crippen LogP) is 6.43. The molecular weight excluding hydrogens is 642 g/mol. The van der Waals surface area contributed by atoms with Crippen LogP contribution in [0.4, 0.5) is 5.69 Å². The molecule has 4 rings (SSSR count). The summed E-state index contributed by atoms with van der Waals surface area (Å²) in [5.74, 6) is -0.602. The molecule has 0 aliphatic heterocycles. The van der Waals surface area contributed by atoms with Crippen LogP contribution in [0.2, 0.25) is 5.02 Å². The SMILES string of the molecule is CCNC(=O)C(Cc1ccccc1)N(Cc1cccc(Cl)c1)C(=O)CN(c1ccccc1OCC)S(=O)(=O)c1ccc(SC)cc1. The number of sulfonamides is 1. The quantitative estimate of drug-likeness (QED) is 0.146. The molecule has 0 heterocycles.